The first-order valence-electron chi connectivity index (χ1n) is 7.03. The van der Waals surface area contributed by atoms with Crippen LogP contribution in [0.25, 0.3) is 22.2 Å². The molecule has 0 saturated heterocycles. The van der Waals surface area contributed by atoms with E-state index in [9.17, 15) is 13.2 Å². The standard InChI is InChI=1S/C16H15N3O3S.ClH/c1-10(19-23(21)22)11-2-4-12(5-3-11)13-8-9-17-16-14(13)6-7-15(20)18-16;/h2-10,23H,1H3,(H,17,18,20)(H,19,21,22);1H/t10-;/m1./s1. The Morgan fingerprint density at radius 2 is 1.79 bits per heavy atom. The third-order valence-electron chi connectivity index (χ3n) is 3.65. The van der Waals surface area contributed by atoms with E-state index in [-0.39, 0.29) is 24.0 Å². The van der Waals surface area contributed by atoms with E-state index in [1.165, 1.54) is 6.07 Å². The van der Waals surface area contributed by atoms with Crippen LogP contribution in [0.1, 0.15) is 18.5 Å². The van der Waals surface area contributed by atoms with E-state index in [2.05, 4.69) is 14.7 Å². The van der Waals surface area contributed by atoms with Crippen LogP contribution in [0.3, 0.4) is 0 Å². The Hall–Kier alpha value is -2.22. The quantitative estimate of drug-likeness (QED) is 0.618. The van der Waals surface area contributed by atoms with E-state index in [0.717, 1.165) is 22.1 Å². The first-order valence-corrected chi connectivity index (χ1v) is 8.21. The van der Waals surface area contributed by atoms with Crippen molar-refractivity contribution in [3.8, 4) is 11.1 Å². The second-order valence-electron chi connectivity index (χ2n) is 5.17. The van der Waals surface area contributed by atoms with Crippen LogP contribution in [-0.2, 0) is 10.9 Å². The summed E-state index contributed by atoms with van der Waals surface area (Å²) >= 11 is 0. The molecule has 1 atom stereocenters. The molecule has 0 aliphatic heterocycles. The van der Waals surface area contributed by atoms with Gasteiger partial charge in [0.1, 0.15) is 5.65 Å². The van der Waals surface area contributed by atoms with Gasteiger partial charge in [0.25, 0.3) is 0 Å². The zero-order chi connectivity index (χ0) is 16.4. The predicted molar refractivity (Wildman–Crippen MR) is 96.9 cm³/mol. The fraction of sp³-hybridized carbons (Fsp3) is 0.125. The maximum atomic E-state index is 11.4. The van der Waals surface area contributed by atoms with Crippen LogP contribution in [0.4, 0.5) is 0 Å². The van der Waals surface area contributed by atoms with Gasteiger partial charge in [0.2, 0.25) is 16.4 Å². The van der Waals surface area contributed by atoms with Crippen molar-refractivity contribution in [1.82, 2.24) is 14.7 Å². The molecule has 2 aromatic heterocycles. The summed E-state index contributed by atoms with van der Waals surface area (Å²) in [6, 6.07) is 12.4. The molecule has 0 unspecified atom stereocenters. The van der Waals surface area contributed by atoms with Gasteiger partial charge in [-0.05, 0) is 35.7 Å². The van der Waals surface area contributed by atoms with Crippen LogP contribution in [-0.4, -0.2) is 18.4 Å². The number of rotatable bonds is 4. The predicted octanol–water partition coefficient (Wildman–Crippen LogP) is 2.19. The number of pyridine rings is 2. The van der Waals surface area contributed by atoms with Gasteiger partial charge in [0.15, 0.2) is 0 Å². The molecule has 0 radical (unpaired) electrons. The Bertz CT molecular complexity index is 976. The summed E-state index contributed by atoms with van der Waals surface area (Å²) in [6.07, 6.45) is 1.65. The molecule has 126 valence electrons. The molecule has 0 saturated carbocycles. The Labute approximate surface area is 146 Å². The minimum absolute atomic E-state index is 0. The molecule has 2 heterocycles. The van der Waals surface area contributed by atoms with Crippen molar-refractivity contribution in [3.05, 3.63) is 64.6 Å². The van der Waals surface area contributed by atoms with Crippen molar-refractivity contribution >= 4 is 34.3 Å². The molecule has 1 aromatic carbocycles. The summed E-state index contributed by atoms with van der Waals surface area (Å²) < 4.78 is 23.9. The van der Waals surface area contributed by atoms with Crippen LogP contribution in [0.2, 0.25) is 0 Å². The normalized spacial score (nSPS) is 12.1. The minimum Gasteiger partial charge on any atom is -0.307 e. The lowest BCUT2D eigenvalue weighted by Gasteiger charge is -2.11. The van der Waals surface area contributed by atoms with E-state index < -0.39 is 10.9 Å². The highest BCUT2D eigenvalue weighted by molar-refractivity contribution is 7.70. The Balaban J connectivity index is 0.00000208. The molecule has 0 amide bonds. The Kier molecular flexibility index (Phi) is 5.71. The van der Waals surface area contributed by atoms with Crippen LogP contribution in [0.15, 0.2) is 53.5 Å². The highest BCUT2D eigenvalue weighted by Gasteiger charge is 2.08. The van der Waals surface area contributed by atoms with Crippen molar-refractivity contribution in [2.45, 2.75) is 13.0 Å². The van der Waals surface area contributed by atoms with Gasteiger partial charge in [-0.25, -0.2) is 18.1 Å². The molecule has 0 fully saturated rings. The lowest BCUT2D eigenvalue weighted by molar-refractivity contribution is 0.587. The molecule has 8 heteroatoms. The average Bonchev–Trinajstić information content (AvgIpc) is 2.53. The number of halogens is 1. The van der Waals surface area contributed by atoms with E-state index in [1.807, 2.05) is 30.3 Å². The van der Waals surface area contributed by atoms with Crippen molar-refractivity contribution in [3.63, 3.8) is 0 Å². The van der Waals surface area contributed by atoms with E-state index in [0.29, 0.717) is 5.65 Å². The number of H-pyrrole nitrogens is 1. The lowest BCUT2D eigenvalue weighted by atomic mass is 10.00. The van der Waals surface area contributed by atoms with Gasteiger partial charge >= 0.3 is 0 Å². The van der Waals surface area contributed by atoms with Gasteiger partial charge in [0.05, 0.1) is 0 Å². The SMILES string of the molecule is C[C@@H](N[SH](=O)=O)c1ccc(-c2ccnc3[nH]c(=O)ccc23)cc1.Cl. The second kappa shape index (κ2) is 7.57. The monoisotopic (exact) mass is 365 g/mol. The molecule has 0 bridgehead atoms. The van der Waals surface area contributed by atoms with Crippen molar-refractivity contribution in [1.29, 1.82) is 0 Å². The zero-order valence-electron chi connectivity index (χ0n) is 12.7. The summed E-state index contributed by atoms with van der Waals surface area (Å²) in [4.78, 5) is 18.3. The largest absolute Gasteiger partial charge is 0.307 e. The second-order valence-corrected chi connectivity index (χ2v) is 5.95. The molecular formula is C16H16ClN3O3S. The van der Waals surface area contributed by atoms with E-state index in [4.69, 9.17) is 0 Å². The van der Waals surface area contributed by atoms with E-state index in [1.54, 1.807) is 19.2 Å². The zero-order valence-corrected chi connectivity index (χ0v) is 14.4. The van der Waals surface area contributed by atoms with Crippen LogP contribution in [0.5, 0.6) is 0 Å². The smallest absolute Gasteiger partial charge is 0.249 e. The number of benzene rings is 1. The van der Waals surface area contributed by atoms with Crippen LogP contribution < -0.4 is 10.3 Å². The Morgan fingerprint density at radius 3 is 2.46 bits per heavy atom. The van der Waals surface area contributed by atoms with Crippen molar-refractivity contribution in [2.75, 3.05) is 0 Å². The van der Waals surface area contributed by atoms with Crippen LogP contribution in [0, 0.1) is 0 Å². The molecule has 0 spiro atoms. The molecule has 3 rings (SSSR count). The van der Waals surface area contributed by atoms with Gasteiger partial charge in [-0.1, -0.05) is 24.3 Å². The molecule has 0 aliphatic rings. The van der Waals surface area contributed by atoms with Crippen molar-refractivity contribution in [2.24, 2.45) is 0 Å². The summed E-state index contributed by atoms with van der Waals surface area (Å²) in [7, 11) is -2.63. The van der Waals surface area contributed by atoms with Crippen molar-refractivity contribution < 1.29 is 8.42 Å². The van der Waals surface area contributed by atoms with E-state index >= 15 is 0 Å². The molecule has 24 heavy (non-hydrogen) atoms. The first kappa shape index (κ1) is 18.1. The number of aromatic amines is 1. The van der Waals surface area contributed by atoms with Gasteiger partial charge in [0, 0.05) is 23.7 Å². The fourth-order valence-corrected chi connectivity index (χ4v) is 2.96. The summed E-state index contributed by atoms with van der Waals surface area (Å²) in [6.45, 7) is 1.78. The Morgan fingerprint density at radius 1 is 1.08 bits per heavy atom. The lowest BCUT2D eigenvalue weighted by Crippen LogP contribution is -2.16. The average molecular weight is 366 g/mol. The maximum absolute atomic E-state index is 11.4. The van der Waals surface area contributed by atoms with Gasteiger partial charge in [-0.15, -0.1) is 12.4 Å². The molecule has 0 aliphatic carbocycles. The number of hydrogen-bond acceptors (Lipinski definition) is 4. The number of thiol groups is 1. The van der Waals surface area contributed by atoms with Gasteiger partial charge in [-0.3, -0.25) is 4.79 Å². The number of nitrogens with one attached hydrogen (secondary N) is 2. The molecule has 3 aromatic rings. The number of nitrogens with zero attached hydrogens (tertiary/aromatic N) is 1. The maximum Gasteiger partial charge on any atom is 0.249 e. The third-order valence-corrected chi connectivity index (χ3v) is 4.25. The fourth-order valence-electron chi connectivity index (χ4n) is 2.49. The van der Waals surface area contributed by atoms with Gasteiger partial charge < -0.3 is 4.98 Å². The highest BCUT2D eigenvalue weighted by atomic mass is 35.5. The number of hydrogen-bond donors (Lipinski definition) is 3. The number of aromatic nitrogens is 2. The topological polar surface area (TPSA) is 91.9 Å². The molecular weight excluding hydrogens is 350 g/mol. The molecule has 2 N–H and O–H groups in total. The van der Waals surface area contributed by atoms with Gasteiger partial charge in [-0.2, -0.15) is 0 Å². The molecule has 6 nitrogen and oxygen atoms in total. The highest BCUT2D eigenvalue weighted by Crippen LogP contribution is 2.27. The first-order chi connectivity index (χ1) is 11.0. The summed E-state index contributed by atoms with van der Waals surface area (Å²) in [5, 5.41) is 0.855. The third kappa shape index (κ3) is 3.81. The summed E-state index contributed by atoms with van der Waals surface area (Å²) in [5.74, 6) is 0. The number of fused-ring (bicyclic) bond motifs is 1. The minimum atomic E-state index is -2.63. The van der Waals surface area contributed by atoms with Crippen LogP contribution >= 0.6 is 12.4 Å². The summed E-state index contributed by atoms with van der Waals surface area (Å²) in [5.41, 5.74) is 3.14.